The Labute approximate surface area is 197 Å². The van der Waals surface area contributed by atoms with Crippen molar-refractivity contribution in [2.45, 2.75) is 53.2 Å². The number of hydrogen-bond acceptors (Lipinski definition) is 5. The van der Waals surface area contributed by atoms with Gasteiger partial charge in [0.2, 0.25) is 0 Å². The summed E-state index contributed by atoms with van der Waals surface area (Å²) in [4.78, 5) is 12.8. The van der Waals surface area contributed by atoms with E-state index in [9.17, 15) is 10.1 Å². The maximum absolute atomic E-state index is 12.8. The molecule has 1 N–H and O–H groups in total. The minimum atomic E-state index is -0.442. The molecule has 6 nitrogen and oxygen atoms in total. The molecule has 176 valence electrons. The van der Waals surface area contributed by atoms with E-state index in [2.05, 4.69) is 26.1 Å². The first-order valence-corrected chi connectivity index (χ1v) is 10.8. The number of benzene rings is 2. The van der Waals surface area contributed by atoms with Crippen LogP contribution in [0.5, 0.6) is 17.2 Å². The van der Waals surface area contributed by atoms with Crippen LogP contribution in [0.1, 0.15) is 52.2 Å². The Bertz CT molecular complexity index is 1030. The zero-order valence-electron chi connectivity index (χ0n) is 20.6. The second-order valence-corrected chi connectivity index (χ2v) is 9.78. The van der Waals surface area contributed by atoms with Crippen LogP contribution in [0, 0.1) is 16.7 Å². The van der Waals surface area contributed by atoms with Gasteiger partial charge >= 0.3 is 0 Å². The average molecular weight is 451 g/mol. The summed E-state index contributed by atoms with van der Waals surface area (Å²) in [5, 5.41) is 12.6. The van der Waals surface area contributed by atoms with Crippen molar-refractivity contribution in [2.75, 3.05) is 14.2 Å². The van der Waals surface area contributed by atoms with Gasteiger partial charge < -0.3 is 19.5 Å². The molecule has 0 aliphatic heterocycles. The monoisotopic (exact) mass is 450 g/mol. The number of carbonyl (C=O) groups excluding carboxylic acids is 1. The predicted octanol–water partition coefficient (Wildman–Crippen LogP) is 5.52. The number of ether oxygens (including phenoxy) is 3. The van der Waals surface area contributed by atoms with E-state index < -0.39 is 11.4 Å². The van der Waals surface area contributed by atoms with Crippen LogP contribution < -0.4 is 19.5 Å². The molecule has 2 aromatic carbocycles. The fraction of sp³-hybridized carbons (Fsp3) is 0.407. The zero-order chi connectivity index (χ0) is 24.6. The third-order valence-electron chi connectivity index (χ3n) is 4.86. The molecule has 0 bridgehead atoms. The zero-order valence-corrected chi connectivity index (χ0v) is 20.6. The maximum Gasteiger partial charge on any atom is 0.262 e. The van der Waals surface area contributed by atoms with Gasteiger partial charge in [-0.25, -0.2) is 0 Å². The van der Waals surface area contributed by atoms with Gasteiger partial charge in [0.05, 0.1) is 14.2 Å². The van der Waals surface area contributed by atoms with Crippen LogP contribution in [0.15, 0.2) is 48.0 Å². The van der Waals surface area contributed by atoms with Crippen molar-refractivity contribution in [1.29, 1.82) is 5.26 Å². The summed E-state index contributed by atoms with van der Waals surface area (Å²) < 4.78 is 16.5. The van der Waals surface area contributed by atoms with Gasteiger partial charge in [-0.3, -0.25) is 4.79 Å². The minimum absolute atomic E-state index is 0.0437. The molecule has 0 atom stereocenters. The summed E-state index contributed by atoms with van der Waals surface area (Å²) in [6, 6.07) is 14.8. The number of nitrogens with one attached hydrogen (secondary N) is 1. The molecular formula is C27H34N2O4. The molecule has 6 heteroatoms. The highest BCUT2D eigenvalue weighted by molar-refractivity contribution is 6.02. The Morgan fingerprint density at radius 3 is 2.18 bits per heavy atom. The fourth-order valence-corrected chi connectivity index (χ4v) is 3.89. The van der Waals surface area contributed by atoms with E-state index >= 15 is 0 Å². The number of nitrogens with zero attached hydrogens (tertiary/aromatic N) is 1. The Morgan fingerprint density at radius 1 is 1.00 bits per heavy atom. The van der Waals surface area contributed by atoms with E-state index in [0.29, 0.717) is 17.1 Å². The van der Waals surface area contributed by atoms with Gasteiger partial charge in [-0.05, 0) is 73.7 Å². The molecule has 0 aliphatic rings. The number of hydrogen-bond donors (Lipinski definition) is 1. The van der Waals surface area contributed by atoms with Crippen LogP contribution >= 0.6 is 0 Å². The second-order valence-electron chi connectivity index (χ2n) is 9.78. The Hall–Kier alpha value is -3.46. The van der Waals surface area contributed by atoms with Gasteiger partial charge in [-0.2, -0.15) is 5.26 Å². The SMILES string of the molecule is COc1ccc(OCc2cc(C=C(C#N)C(=O)NC(C)(C)CC(C)(C)C)ccc2OC)cc1. The van der Waals surface area contributed by atoms with Crippen molar-refractivity contribution in [3.63, 3.8) is 0 Å². The number of amides is 1. The number of nitriles is 1. The standard InChI is InChI=1S/C27H34N2O4/c1-26(2,3)18-27(4,5)29-25(30)20(16-28)14-19-8-13-24(32-7)21(15-19)17-33-23-11-9-22(31-6)10-12-23/h8-15H,17-18H2,1-7H3,(H,29,30). The summed E-state index contributed by atoms with van der Waals surface area (Å²) >= 11 is 0. The largest absolute Gasteiger partial charge is 0.497 e. The Balaban J connectivity index is 2.20. The molecule has 2 rings (SSSR count). The lowest BCUT2D eigenvalue weighted by Gasteiger charge is -2.33. The molecule has 2 aromatic rings. The average Bonchev–Trinajstić information content (AvgIpc) is 2.74. The summed E-state index contributed by atoms with van der Waals surface area (Å²) in [5.41, 5.74) is 1.16. The van der Waals surface area contributed by atoms with Gasteiger partial charge in [-0.1, -0.05) is 26.8 Å². The Kier molecular flexibility index (Phi) is 8.53. The Morgan fingerprint density at radius 2 is 1.64 bits per heavy atom. The molecule has 0 saturated carbocycles. The van der Waals surface area contributed by atoms with Crippen molar-refractivity contribution in [1.82, 2.24) is 5.32 Å². The third-order valence-corrected chi connectivity index (χ3v) is 4.86. The molecule has 0 spiro atoms. The first-order valence-electron chi connectivity index (χ1n) is 10.8. The topological polar surface area (TPSA) is 80.6 Å². The first kappa shape index (κ1) is 25.8. The van der Waals surface area contributed by atoms with Crippen molar-refractivity contribution in [3.05, 3.63) is 59.2 Å². The smallest absolute Gasteiger partial charge is 0.262 e. The maximum atomic E-state index is 12.8. The molecule has 1 amide bonds. The molecule has 0 radical (unpaired) electrons. The summed E-state index contributed by atoms with van der Waals surface area (Å²) in [5.74, 6) is 1.71. The third kappa shape index (κ3) is 8.19. The van der Waals surface area contributed by atoms with E-state index in [1.54, 1.807) is 32.4 Å². The van der Waals surface area contributed by atoms with E-state index in [-0.39, 0.29) is 17.6 Å². The van der Waals surface area contributed by atoms with Crippen LogP contribution in [-0.4, -0.2) is 25.7 Å². The first-order chi connectivity index (χ1) is 15.5. The van der Waals surface area contributed by atoms with E-state index in [1.165, 1.54) is 0 Å². The number of rotatable bonds is 9. The normalized spacial score (nSPS) is 12.0. The van der Waals surface area contributed by atoms with E-state index in [4.69, 9.17) is 14.2 Å². The van der Waals surface area contributed by atoms with Gasteiger partial charge in [0.25, 0.3) is 5.91 Å². The minimum Gasteiger partial charge on any atom is -0.497 e. The second kappa shape index (κ2) is 10.9. The van der Waals surface area contributed by atoms with Crippen LogP contribution in [0.3, 0.4) is 0 Å². The van der Waals surface area contributed by atoms with Gasteiger partial charge in [0.1, 0.15) is 35.5 Å². The lowest BCUT2D eigenvalue weighted by molar-refractivity contribution is -0.118. The van der Waals surface area contributed by atoms with Gasteiger partial charge in [-0.15, -0.1) is 0 Å². The van der Waals surface area contributed by atoms with Crippen LogP contribution in [-0.2, 0) is 11.4 Å². The van der Waals surface area contributed by atoms with E-state index in [0.717, 1.165) is 17.7 Å². The fourth-order valence-electron chi connectivity index (χ4n) is 3.89. The predicted molar refractivity (Wildman–Crippen MR) is 130 cm³/mol. The lowest BCUT2D eigenvalue weighted by Crippen LogP contribution is -2.46. The summed E-state index contributed by atoms with van der Waals surface area (Å²) in [7, 11) is 3.20. The van der Waals surface area contributed by atoms with Crippen LogP contribution in [0.25, 0.3) is 6.08 Å². The quantitative estimate of drug-likeness (QED) is 0.402. The lowest BCUT2D eigenvalue weighted by atomic mass is 9.81. The molecule has 0 saturated heterocycles. The highest BCUT2D eigenvalue weighted by Crippen LogP contribution is 2.28. The van der Waals surface area contributed by atoms with Crippen molar-refractivity contribution < 1.29 is 19.0 Å². The van der Waals surface area contributed by atoms with Gasteiger partial charge in [0, 0.05) is 11.1 Å². The molecule has 0 aromatic heterocycles. The van der Waals surface area contributed by atoms with Crippen LogP contribution in [0.4, 0.5) is 0 Å². The highest BCUT2D eigenvalue weighted by Gasteiger charge is 2.28. The summed E-state index contributed by atoms with van der Waals surface area (Å²) in [6.45, 7) is 10.6. The molecular weight excluding hydrogens is 416 g/mol. The molecule has 0 fully saturated rings. The van der Waals surface area contributed by atoms with Crippen LogP contribution in [0.2, 0.25) is 0 Å². The van der Waals surface area contributed by atoms with E-state index in [1.807, 2.05) is 50.2 Å². The molecule has 33 heavy (non-hydrogen) atoms. The molecule has 0 aliphatic carbocycles. The number of methoxy groups -OCH3 is 2. The summed E-state index contributed by atoms with van der Waals surface area (Å²) in [6.07, 6.45) is 2.36. The van der Waals surface area contributed by atoms with Crippen molar-refractivity contribution in [3.8, 4) is 23.3 Å². The van der Waals surface area contributed by atoms with Crippen molar-refractivity contribution >= 4 is 12.0 Å². The highest BCUT2D eigenvalue weighted by atomic mass is 16.5. The van der Waals surface area contributed by atoms with Gasteiger partial charge in [0.15, 0.2) is 0 Å². The number of carbonyl (C=O) groups is 1. The van der Waals surface area contributed by atoms with Crippen molar-refractivity contribution in [2.24, 2.45) is 5.41 Å². The molecule has 0 heterocycles. The molecule has 0 unspecified atom stereocenters.